The molecular weight excluding hydrogens is 262 g/mol. The fourth-order valence-electron chi connectivity index (χ4n) is 1.37. The summed E-state index contributed by atoms with van der Waals surface area (Å²) in [6.07, 6.45) is 0. The molecule has 0 bridgehead atoms. The highest BCUT2D eigenvalue weighted by Gasteiger charge is 2.16. The third-order valence-corrected chi connectivity index (χ3v) is 2.50. The monoisotopic (exact) mass is 283 g/mol. The van der Waals surface area contributed by atoms with Gasteiger partial charge < -0.3 is 14.5 Å². The van der Waals surface area contributed by atoms with E-state index in [1.54, 1.807) is 19.0 Å². The lowest BCUT2D eigenvalue weighted by Gasteiger charge is -2.22. The number of nitrogens with two attached hydrogens (primary N) is 1. The zero-order valence-corrected chi connectivity index (χ0v) is 12.3. The lowest BCUT2D eigenvalue weighted by molar-refractivity contribution is -0.127. The topological polar surface area (TPSA) is 110 Å². The van der Waals surface area contributed by atoms with Crippen molar-refractivity contribution in [3.05, 3.63) is 0 Å². The number of hydrazine groups is 1. The van der Waals surface area contributed by atoms with E-state index in [0.29, 0.717) is 19.1 Å². The van der Waals surface area contributed by atoms with Crippen LogP contribution in [0.5, 0.6) is 6.01 Å². The van der Waals surface area contributed by atoms with E-state index in [9.17, 15) is 4.79 Å². The molecule has 0 saturated heterocycles. The van der Waals surface area contributed by atoms with Gasteiger partial charge in [0.2, 0.25) is 17.8 Å². The highest BCUT2D eigenvalue weighted by Crippen LogP contribution is 2.14. The highest BCUT2D eigenvalue weighted by molar-refractivity contribution is 5.80. The van der Waals surface area contributed by atoms with Crippen molar-refractivity contribution in [3.63, 3.8) is 0 Å². The number of amides is 1. The Morgan fingerprint density at radius 3 is 2.50 bits per heavy atom. The lowest BCUT2D eigenvalue weighted by Crippen LogP contribution is -2.37. The molecule has 1 heterocycles. The molecule has 0 aliphatic rings. The summed E-state index contributed by atoms with van der Waals surface area (Å²) in [5, 5.41) is 0. The summed E-state index contributed by atoms with van der Waals surface area (Å²) >= 11 is 0. The molecule has 0 aliphatic carbocycles. The van der Waals surface area contributed by atoms with Crippen molar-refractivity contribution in [2.45, 2.75) is 13.8 Å². The minimum atomic E-state index is -0.0486. The Morgan fingerprint density at radius 1 is 1.30 bits per heavy atom. The predicted molar refractivity (Wildman–Crippen MR) is 75.4 cm³/mol. The normalized spacial score (nSPS) is 10.1. The molecule has 0 spiro atoms. The van der Waals surface area contributed by atoms with Gasteiger partial charge in [-0.15, -0.1) is 0 Å². The largest absolute Gasteiger partial charge is 0.464 e. The Labute approximate surface area is 118 Å². The van der Waals surface area contributed by atoms with Crippen LogP contribution in [0.4, 0.5) is 11.9 Å². The average molecular weight is 283 g/mol. The molecule has 9 nitrogen and oxygen atoms in total. The van der Waals surface area contributed by atoms with E-state index in [4.69, 9.17) is 10.6 Å². The predicted octanol–water partition coefficient (Wildman–Crippen LogP) is -0.530. The van der Waals surface area contributed by atoms with Crippen molar-refractivity contribution in [3.8, 4) is 6.01 Å². The third kappa shape index (κ3) is 4.19. The first-order valence-electron chi connectivity index (χ1n) is 6.32. The number of anilines is 2. The minimum absolute atomic E-state index is 0.0486. The van der Waals surface area contributed by atoms with Gasteiger partial charge >= 0.3 is 6.01 Å². The summed E-state index contributed by atoms with van der Waals surface area (Å²) in [5.41, 5.74) is 2.36. The molecule has 0 fully saturated rings. The minimum Gasteiger partial charge on any atom is -0.464 e. The number of hydrogen-bond donors (Lipinski definition) is 2. The molecule has 1 aromatic heterocycles. The molecule has 1 amide bonds. The van der Waals surface area contributed by atoms with E-state index in [2.05, 4.69) is 20.4 Å². The van der Waals surface area contributed by atoms with Gasteiger partial charge in [-0.25, -0.2) is 5.84 Å². The standard InChI is InChI=1S/C11H21N7O2/c1-5-18(7-8(19)17(3)4)10-13-9(16-12)14-11(15-10)20-6-2/h5-7,12H2,1-4H3,(H,13,14,15,16). The first kappa shape index (κ1) is 15.9. The van der Waals surface area contributed by atoms with Crippen LogP contribution < -0.4 is 20.9 Å². The van der Waals surface area contributed by atoms with Crippen LogP contribution in [0.25, 0.3) is 0 Å². The molecule has 0 aliphatic heterocycles. The molecule has 0 atom stereocenters. The number of nitrogens with one attached hydrogen (secondary N) is 1. The third-order valence-electron chi connectivity index (χ3n) is 2.50. The number of ether oxygens (including phenoxy) is 1. The number of rotatable bonds is 7. The Balaban J connectivity index is 3.01. The number of likely N-dealkylation sites (N-methyl/N-ethyl adjacent to an activating group) is 2. The number of aromatic nitrogens is 3. The van der Waals surface area contributed by atoms with Crippen molar-refractivity contribution in [1.29, 1.82) is 0 Å². The molecule has 0 radical (unpaired) electrons. The molecule has 0 unspecified atom stereocenters. The molecule has 20 heavy (non-hydrogen) atoms. The van der Waals surface area contributed by atoms with E-state index < -0.39 is 0 Å². The fourth-order valence-corrected chi connectivity index (χ4v) is 1.37. The van der Waals surface area contributed by atoms with Crippen LogP contribution in [0.1, 0.15) is 13.8 Å². The van der Waals surface area contributed by atoms with Gasteiger partial charge in [-0.2, -0.15) is 15.0 Å². The Bertz CT molecular complexity index is 452. The summed E-state index contributed by atoms with van der Waals surface area (Å²) in [6, 6.07) is 0.168. The Kier molecular flexibility index (Phi) is 5.91. The quantitative estimate of drug-likeness (QED) is 0.507. The summed E-state index contributed by atoms with van der Waals surface area (Å²) < 4.78 is 5.26. The van der Waals surface area contributed by atoms with Crippen LogP contribution in [0.15, 0.2) is 0 Å². The van der Waals surface area contributed by atoms with Gasteiger partial charge in [0.15, 0.2) is 0 Å². The van der Waals surface area contributed by atoms with E-state index >= 15 is 0 Å². The number of carbonyl (C=O) groups is 1. The van der Waals surface area contributed by atoms with Crippen LogP contribution in [0.2, 0.25) is 0 Å². The van der Waals surface area contributed by atoms with Crippen LogP contribution >= 0.6 is 0 Å². The molecular formula is C11H21N7O2. The number of nitrogen functional groups attached to an aromatic ring is 1. The molecule has 1 aromatic rings. The number of carbonyl (C=O) groups excluding carboxylic acids is 1. The molecule has 0 saturated carbocycles. The second-order valence-electron chi connectivity index (χ2n) is 4.12. The highest BCUT2D eigenvalue weighted by atomic mass is 16.5. The zero-order chi connectivity index (χ0) is 15.1. The molecule has 3 N–H and O–H groups in total. The van der Waals surface area contributed by atoms with Crippen LogP contribution in [-0.4, -0.2) is 59.6 Å². The van der Waals surface area contributed by atoms with Crippen LogP contribution in [0.3, 0.4) is 0 Å². The first-order valence-corrected chi connectivity index (χ1v) is 6.32. The van der Waals surface area contributed by atoms with Gasteiger partial charge in [-0.05, 0) is 13.8 Å². The molecule has 1 rings (SSSR count). The second-order valence-corrected chi connectivity index (χ2v) is 4.12. The summed E-state index contributed by atoms with van der Waals surface area (Å²) in [7, 11) is 3.39. The Morgan fingerprint density at radius 2 is 2.00 bits per heavy atom. The van der Waals surface area contributed by atoms with E-state index in [-0.39, 0.29) is 24.4 Å². The maximum atomic E-state index is 11.8. The smallest absolute Gasteiger partial charge is 0.323 e. The molecule has 112 valence electrons. The van der Waals surface area contributed by atoms with Crippen LogP contribution in [-0.2, 0) is 4.79 Å². The van der Waals surface area contributed by atoms with E-state index in [0.717, 1.165) is 0 Å². The maximum absolute atomic E-state index is 11.8. The van der Waals surface area contributed by atoms with Crippen molar-refractivity contribution in [2.24, 2.45) is 5.84 Å². The zero-order valence-electron chi connectivity index (χ0n) is 12.3. The van der Waals surface area contributed by atoms with Gasteiger partial charge in [-0.1, -0.05) is 0 Å². The first-order chi connectivity index (χ1) is 9.51. The molecule has 0 aromatic carbocycles. The summed E-state index contributed by atoms with van der Waals surface area (Å²) in [5.74, 6) is 5.81. The van der Waals surface area contributed by atoms with Gasteiger partial charge in [0, 0.05) is 20.6 Å². The van der Waals surface area contributed by atoms with Crippen molar-refractivity contribution < 1.29 is 9.53 Å². The fraction of sp³-hybridized carbons (Fsp3) is 0.636. The number of nitrogens with zero attached hydrogens (tertiary/aromatic N) is 5. The van der Waals surface area contributed by atoms with Gasteiger partial charge in [-0.3, -0.25) is 10.2 Å². The van der Waals surface area contributed by atoms with Crippen molar-refractivity contribution in [1.82, 2.24) is 19.9 Å². The van der Waals surface area contributed by atoms with Gasteiger partial charge in [0.25, 0.3) is 0 Å². The lowest BCUT2D eigenvalue weighted by atomic mass is 10.4. The van der Waals surface area contributed by atoms with Crippen LogP contribution in [0, 0.1) is 0 Å². The SMILES string of the molecule is CCOc1nc(NN)nc(N(CC)CC(=O)N(C)C)n1. The maximum Gasteiger partial charge on any atom is 0.323 e. The van der Waals surface area contributed by atoms with Gasteiger partial charge in [0.05, 0.1) is 13.2 Å². The average Bonchev–Trinajstić information content (AvgIpc) is 2.44. The van der Waals surface area contributed by atoms with E-state index in [1.165, 1.54) is 4.90 Å². The Hall–Kier alpha value is -2.16. The second kappa shape index (κ2) is 7.43. The van der Waals surface area contributed by atoms with E-state index in [1.807, 2.05) is 13.8 Å². The van der Waals surface area contributed by atoms with Crippen molar-refractivity contribution in [2.75, 3.05) is 44.1 Å². The summed E-state index contributed by atoms with van der Waals surface area (Å²) in [6.45, 7) is 4.90. The van der Waals surface area contributed by atoms with Crippen molar-refractivity contribution >= 4 is 17.8 Å². The molecule has 9 heteroatoms. The van der Waals surface area contributed by atoms with Gasteiger partial charge in [0.1, 0.15) is 0 Å². The number of hydrogen-bond acceptors (Lipinski definition) is 8. The summed E-state index contributed by atoms with van der Waals surface area (Å²) in [4.78, 5) is 27.3.